The van der Waals surface area contributed by atoms with Gasteiger partial charge in [0, 0.05) is 0 Å². The third-order valence-corrected chi connectivity index (χ3v) is 2.77. The molecule has 1 heterocycles. The average Bonchev–Trinajstić information content (AvgIpc) is 2.40. The first-order chi connectivity index (χ1) is 9.71. The van der Waals surface area contributed by atoms with Crippen molar-refractivity contribution in [2.45, 2.75) is 12.7 Å². The minimum atomic E-state index is -4.67. The maximum atomic E-state index is 13.2. The van der Waals surface area contributed by atoms with Gasteiger partial charge in [-0.05, 0) is 11.6 Å². The van der Waals surface area contributed by atoms with E-state index in [-0.39, 0.29) is 5.56 Å². The molecule has 0 aliphatic rings. The number of benzene rings is 1. The van der Waals surface area contributed by atoms with Gasteiger partial charge in [0.25, 0.3) is 5.56 Å². The summed E-state index contributed by atoms with van der Waals surface area (Å²) < 4.78 is 52.0. The maximum absolute atomic E-state index is 13.2. The highest BCUT2D eigenvalue weighted by Gasteiger charge is 2.33. The molecule has 2 aromatic rings. The van der Waals surface area contributed by atoms with Crippen molar-refractivity contribution in [1.29, 1.82) is 0 Å². The first kappa shape index (κ1) is 14.8. The van der Waals surface area contributed by atoms with Gasteiger partial charge in [-0.25, -0.2) is 4.79 Å². The summed E-state index contributed by atoms with van der Waals surface area (Å²) in [4.78, 5) is 23.9. The van der Waals surface area contributed by atoms with Gasteiger partial charge >= 0.3 is 11.9 Å². The Morgan fingerprint density at radius 2 is 1.81 bits per heavy atom. The van der Waals surface area contributed by atoms with Crippen LogP contribution in [0.1, 0.15) is 11.1 Å². The Kier molecular flexibility index (Phi) is 3.58. The molecule has 2 N–H and O–H groups in total. The number of halogens is 4. The van der Waals surface area contributed by atoms with Crippen LogP contribution in [0.3, 0.4) is 0 Å². The predicted octanol–water partition coefficient (Wildman–Crippen LogP) is 1.45. The summed E-state index contributed by atoms with van der Waals surface area (Å²) in [6, 6.07) is 4.33. The minimum Gasteiger partial charge on any atom is -0.492 e. The number of hydrogen-bond donors (Lipinski definition) is 2. The Balaban J connectivity index is 2.58. The molecule has 0 unspecified atom stereocenters. The molecule has 0 bridgehead atoms. The zero-order valence-corrected chi connectivity index (χ0v) is 10.2. The zero-order chi connectivity index (χ0) is 15.8. The topological polar surface area (TPSA) is 75.1 Å². The van der Waals surface area contributed by atoms with Gasteiger partial charge in [-0.2, -0.15) is 17.6 Å². The molecular formula is C12H8F4N2O3. The fourth-order valence-corrected chi connectivity index (χ4v) is 1.79. The van der Waals surface area contributed by atoms with Gasteiger partial charge in [0.05, 0.1) is 12.1 Å². The fraction of sp³-hybridized carbons (Fsp3) is 0.167. The monoisotopic (exact) mass is 304 g/mol. The minimum absolute atomic E-state index is 0.307. The second-order valence-corrected chi connectivity index (χ2v) is 4.14. The fourth-order valence-electron chi connectivity index (χ4n) is 1.79. The van der Waals surface area contributed by atoms with E-state index in [9.17, 15) is 32.3 Å². The molecule has 0 saturated heterocycles. The third-order valence-electron chi connectivity index (χ3n) is 2.77. The van der Waals surface area contributed by atoms with E-state index in [4.69, 9.17) is 0 Å². The summed E-state index contributed by atoms with van der Waals surface area (Å²) in [6.07, 6.45) is -4.67. The Morgan fingerprint density at radius 3 is 2.43 bits per heavy atom. The van der Waals surface area contributed by atoms with Crippen LogP contribution in [0.15, 0.2) is 33.9 Å². The van der Waals surface area contributed by atoms with Gasteiger partial charge in [-0.15, -0.1) is 0 Å². The van der Waals surface area contributed by atoms with Crippen molar-refractivity contribution in [3.05, 3.63) is 62.0 Å². The molecular weight excluding hydrogens is 296 g/mol. The van der Waals surface area contributed by atoms with Crippen molar-refractivity contribution in [3.8, 4) is 5.88 Å². The standard InChI is InChI=1S/C12H8F4N2O3/c13-8-9(19)17-11(21)18(10(8)20)5-6-3-1-2-4-7(6)12(14,15)16/h1-4,20H,5H2,(H,17,19,21). The maximum Gasteiger partial charge on any atom is 0.416 e. The van der Waals surface area contributed by atoms with Crippen LogP contribution in [0, 0.1) is 5.82 Å². The van der Waals surface area contributed by atoms with Crippen molar-refractivity contribution < 1.29 is 22.7 Å². The molecule has 9 heteroatoms. The molecule has 5 nitrogen and oxygen atoms in total. The van der Waals surface area contributed by atoms with Crippen LogP contribution in [0.25, 0.3) is 0 Å². The average molecular weight is 304 g/mol. The predicted molar refractivity (Wildman–Crippen MR) is 63.5 cm³/mol. The van der Waals surface area contributed by atoms with Crippen molar-refractivity contribution >= 4 is 0 Å². The molecule has 1 aromatic heterocycles. The molecule has 112 valence electrons. The van der Waals surface area contributed by atoms with E-state index in [1.807, 2.05) is 0 Å². The third kappa shape index (κ3) is 2.81. The summed E-state index contributed by atoms with van der Waals surface area (Å²) in [7, 11) is 0. The molecule has 0 spiro atoms. The summed E-state index contributed by atoms with van der Waals surface area (Å²) >= 11 is 0. The number of hydrogen-bond acceptors (Lipinski definition) is 3. The van der Waals surface area contributed by atoms with Gasteiger partial charge in [0.2, 0.25) is 11.7 Å². The van der Waals surface area contributed by atoms with Gasteiger partial charge < -0.3 is 5.11 Å². The van der Waals surface area contributed by atoms with Crippen molar-refractivity contribution in [2.24, 2.45) is 0 Å². The number of nitrogens with zero attached hydrogens (tertiary/aromatic N) is 1. The first-order valence-corrected chi connectivity index (χ1v) is 5.58. The summed E-state index contributed by atoms with van der Waals surface area (Å²) in [5.41, 5.74) is -4.04. The van der Waals surface area contributed by atoms with Crippen molar-refractivity contribution in [2.75, 3.05) is 0 Å². The second-order valence-electron chi connectivity index (χ2n) is 4.14. The van der Waals surface area contributed by atoms with E-state index in [1.54, 1.807) is 4.98 Å². The number of aromatic amines is 1. The Morgan fingerprint density at radius 1 is 1.19 bits per heavy atom. The van der Waals surface area contributed by atoms with E-state index in [2.05, 4.69) is 0 Å². The van der Waals surface area contributed by atoms with Crippen LogP contribution in [-0.2, 0) is 12.7 Å². The second kappa shape index (κ2) is 5.08. The van der Waals surface area contributed by atoms with E-state index >= 15 is 0 Å². The number of alkyl halides is 3. The lowest BCUT2D eigenvalue weighted by Gasteiger charge is -2.14. The molecule has 2 rings (SSSR count). The Labute approximate surface area is 114 Å². The smallest absolute Gasteiger partial charge is 0.416 e. The van der Waals surface area contributed by atoms with Gasteiger partial charge in [0.1, 0.15) is 0 Å². The lowest BCUT2D eigenvalue weighted by molar-refractivity contribution is -0.138. The molecule has 0 atom stereocenters. The molecule has 0 radical (unpaired) electrons. The van der Waals surface area contributed by atoms with E-state index in [1.165, 1.54) is 6.07 Å². The highest BCUT2D eigenvalue weighted by atomic mass is 19.4. The molecule has 0 aliphatic heterocycles. The normalized spacial score (nSPS) is 11.6. The lowest BCUT2D eigenvalue weighted by Crippen LogP contribution is -2.32. The van der Waals surface area contributed by atoms with E-state index < -0.39 is 41.2 Å². The van der Waals surface area contributed by atoms with Crippen LogP contribution in [0.4, 0.5) is 17.6 Å². The zero-order valence-electron chi connectivity index (χ0n) is 10.2. The highest BCUT2D eigenvalue weighted by molar-refractivity contribution is 5.30. The SMILES string of the molecule is O=c1[nH]c(=O)n(Cc2ccccc2C(F)(F)F)c(O)c1F. The van der Waals surface area contributed by atoms with Crippen LogP contribution in [0.2, 0.25) is 0 Å². The number of H-pyrrole nitrogens is 1. The summed E-state index contributed by atoms with van der Waals surface area (Å²) in [5, 5.41) is 9.40. The molecule has 0 fully saturated rings. The summed E-state index contributed by atoms with van der Waals surface area (Å²) in [5.74, 6) is -2.96. The first-order valence-electron chi connectivity index (χ1n) is 5.58. The lowest BCUT2D eigenvalue weighted by atomic mass is 10.1. The number of rotatable bonds is 2. The van der Waals surface area contributed by atoms with E-state index in [0.29, 0.717) is 4.57 Å². The quantitative estimate of drug-likeness (QED) is 0.825. The largest absolute Gasteiger partial charge is 0.492 e. The van der Waals surface area contributed by atoms with Gasteiger partial charge in [-0.1, -0.05) is 18.2 Å². The van der Waals surface area contributed by atoms with Gasteiger partial charge in [0.15, 0.2) is 0 Å². The van der Waals surface area contributed by atoms with Crippen LogP contribution < -0.4 is 11.2 Å². The molecule has 0 aliphatic carbocycles. The Bertz CT molecular complexity index is 792. The van der Waals surface area contributed by atoms with Crippen LogP contribution in [-0.4, -0.2) is 14.7 Å². The molecule has 21 heavy (non-hydrogen) atoms. The molecule has 1 aromatic carbocycles. The number of aromatic nitrogens is 2. The number of nitrogens with one attached hydrogen (secondary N) is 1. The van der Waals surface area contributed by atoms with Crippen LogP contribution in [0.5, 0.6) is 5.88 Å². The Hall–Kier alpha value is -2.58. The van der Waals surface area contributed by atoms with Crippen molar-refractivity contribution in [1.82, 2.24) is 9.55 Å². The van der Waals surface area contributed by atoms with Crippen LogP contribution >= 0.6 is 0 Å². The highest BCUT2D eigenvalue weighted by Crippen LogP contribution is 2.32. The number of aromatic hydroxyl groups is 1. The molecule has 0 saturated carbocycles. The van der Waals surface area contributed by atoms with E-state index in [0.717, 1.165) is 18.2 Å². The molecule has 0 amide bonds. The van der Waals surface area contributed by atoms with Gasteiger partial charge in [-0.3, -0.25) is 14.3 Å². The van der Waals surface area contributed by atoms with Crippen molar-refractivity contribution in [3.63, 3.8) is 0 Å². The summed E-state index contributed by atoms with van der Waals surface area (Å²) in [6.45, 7) is -0.742.